The Morgan fingerprint density at radius 3 is 2.52 bits per heavy atom. The summed E-state index contributed by atoms with van der Waals surface area (Å²) < 4.78 is 25.1. The summed E-state index contributed by atoms with van der Waals surface area (Å²) in [6, 6.07) is 8.11. The maximum atomic E-state index is 12.2. The van der Waals surface area contributed by atoms with E-state index >= 15 is 0 Å². The van der Waals surface area contributed by atoms with Crippen LogP contribution in [-0.4, -0.2) is 40.5 Å². The molecule has 1 aromatic carbocycles. The fourth-order valence-corrected chi connectivity index (χ4v) is 4.71. The molecule has 4 rings (SSSR count). The summed E-state index contributed by atoms with van der Waals surface area (Å²) in [5.41, 5.74) is 8.50. The van der Waals surface area contributed by atoms with Crippen LogP contribution in [0.15, 0.2) is 42.7 Å². The van der Waals surface area contributed by atoms with Crippen LogP contribution in [0.1, 0.15) is 24.1 Å². The minimum atomic E-state index is -3.31. The standard InChI is InChI=1S/C20H23N7O3S/c1-27-12-13(11-23-27)10-22-19(28)24-15-5-3-14(4-6-15)18-25-16(9-17(21)26-18)20(7-8-20)31(2,29)30/h3-6,9,11-12H,7-8,10H2,1-2H3,(H2,21,25,26)(H2,22,24,28). The molecule has 2 amide bonds. The summed E-state index contributed by atoms with van der Waals surface area (Å²) >= 11 is 0. The number of nitrogens with two attached hydrogens (primary N) is 1. The first kappa shape index (κ1) is 20.8. The third kappa shape index (κ3) is 4.36. The number of nitrogens with zero attached hydrogens (tertiary/aromatic N) is 4. The minimum Gasteiger partial charge on any atom is -0.384 e. The topological polar surface area (TPSA) is 145 Å². The van der Waals surface area contributed by atoms with Crippen LogP contribution < -0.4 is 16.4 Å². The molecule has 1 saturated carbocycles. The summed E-state index contributed by atoms with van der Waals surface area (Å²) in [5.74, 6) is 0.560. The molecule has 2 heterocycles. The monoisotopic (exact) mass is 441 g/mol. The van der Waals surface area contributed by atoms with Gasteiger partial charge in [0.2, 0.25) is 0 Å². The van der Waals surface area contributed by atoms with Crippen LogP contribution in [0.5, 0.6) is 0 Å². The summed E-state index contributed by atoms with van der Waals surface area (Å²) in [4.78, 5) is 20.8. The number of aromatic nitrogens is 4. The van der Waals surface area contributed by atoms with Crippen LogP contribution in [-0.2, 0) is 28.2 Å². The molecule has 0 saturated heterocycles. The summed E-state index contributed by atoms with van der Waals surface area (Å²) in [6.07, 6.45) is 5.78. The molecule has 0 aliphatic heterocycles. The molecule has 1 aliphatic carbocycles. The van der Waals surface area contributed by atoms with Crippen molar-refractivity contribution in [3.8, 4) is 11.4 Å². The Bertz CT molecular complexity index is 1230. The van der Waals surface area contributed by atoms with Gasteiger partial charge >= 0.3 is 6.03 Å². The van der Waals surface area contributed by atoms with Gasteiger partial charge in [0.25, 0.3) is 0 Å². The second-order valence-electron chi connectivity index (χ2n) is 7.68. The van der Waals surface area contributed by atoms with Crippen molar-refractivity contribution < 1.29 is 13.2 Å². The van der Waals surface area contributed by atoms with Crippen molar-refractivity contribution in [3.63, 3.8) is 0 Å². The molecule has 3 aromatic rings. The largest absolute Gasteiger partial charge is 0.384 e. The molecule has 0 spiro atoms. The second-order valence-corrected chi connectivity index (χ2v) is 10.0. The van der Waals surface area contributed by atoms with E-state index in [0.29, 0.717) is 42.2 Å². The fourth-order valence-electron chi connectivity index (χ4n) is 3.38. The van der Waals surface area contributed by atoms with E-state index in [0.717, 1.165) is 5.56 Å². The van der Waals surface area contributed by atoms with Crippen molar-refractivity contribution in [1.29, 1.82) is 0 Å². The highest BCUT2D eigenvalue weighted by Crippen LogP contribution is 2.52. The average Bonchev–Trinajstić information content (AvgIpc) is 3.44. The number of hydrogen-bond donors (Lipinski definition) is 3. The van der Waals surface area contributed by atoms with Crippen molar-refractivity contribution in [3.05, 3.63) is 54.0 Å². The number of carbonyl (C=O) groups is 1. The lowest BCUT2D eigenvalue weighted by Gasteiger charge is -2.14. The number of rotatable bonds is 6. The number of carbonyl (C=O) groups excluding carboxylic acids is 1. The quantitative estimate of drug-likeness (QED) is 0.529. The van der Waals surface area contributed by atoms with Crippen molar-refractivity contribution in [1.82, 2.24) is 25.1 Å². The molecule has 0 atom stereocenters. The lowest BCUT2D eigenvalue weighted by Crippen LogP contribution is -2.28. The number of nitrogen functional groups attached to an aromatic ring is 1. The highest BCUT2D eigenvalue weighted by molar-refractivity contribution is 7.91. The molecule has 1 aliphatic rings. The van der Waals surface area contributed by atoms with E-state index in [1.54, 1.807) is 35.1 Å². The van der Waals surface area contributed by atoms with E-state index in [1.807, 2.05) is 13.2 Å². The number of hydrogen-bond acceptors (Lipinski definition) is 7. The number of urea groups is 1. The zero-order valence-electron chi connectivity index (χ0n) is 17.2. The molecule has 1 fully saturated rings. The van der Waals surface area contributed by atoms with E-state index in [4.69, 9.17) is 5.73 Å². The first-order valence-electron chi connectivity index (χ1n) is 9.64. The number of benzene rings is 1. The van der Waals surface area contributed by atoms with Gasteiger partial charge in [0.05, 0.1) is 11.9 Å². The fraction of sp³-hybridized carbons (Fsp3) is 0.300. The van der Waals surface area contributed by atoms with Crippen LogP contribution in [0.4, 0.5) is 16.3 Å². The van der Waals surface area contributed by atoms with Crippen molar-refractivity contribution >= 4 is 27.4 Å². The minimum absolute atomic E-state index is 0.215. The Balaban J connectivity index is 1.46. The second kappa shape index (κ2) is 7.65. The summed E-state index contributed by atoms with van der Waals surface area (Å²) in [6.45, 7) is 0.361. The van der Waals surface area contributed by atoms with Crippen LogP contribution in [0.2, 0.25) is 0 Å². The Kier molecular flexibility index (Phi) is 5.13. The third-order valence-corrected chi connectivity index (χ3v) is 7.28. The van der Waals surface area contributed by atoms with Gasteiger partial charge in [-0.05, 0) is 37.1 Å². The van der Waals surface area contributed by atoms with Gasteiger partial charge in [-0.15, -0.1) is 0 Å². The Labute approximate surface area is 179 Å². The van der Waals surface area contributed by atoms with Crippen LogP contribution >= 0.6 is 0 Å². The molecule has 31 heavy (non-hydrogen) atoms. The molecule has 2 aromatic heterocycles. The van der Waals surface area contributed by atoms with Crippen molar-refractivity contribution in [2.45, 2.75) is 24.1 Å². The molecule has 0 unspecified atom stereocenters. The van der Waals surface area contributed by atoms with E-state index in [2.05, 4.69) is 25.7 Å². The molecule has 0 radical (unpaired) electrons. The lowest BCUT2D eigenvalue weighted by atomic mass is 10.1. The van der Waals surface area contributed by atoms with Crippen LogP contribution in [0, 0.1) is 0 Å². The molecular weight excluding hydrogens is 418 g/mol. The van der Waals surface area contributed by atoms with E-state index < -0.39 is 14.6 Å². The van der Waals surface area contributed by atoms with E-state index in [9.17, 15) is 13.2 Å². The Morgan fingerprint density at radius 2 is 1.94 bits per heavy atom. The molecule has 10 nitrogen and oxygen atoms in total. The number of amides is 2. The average molecular weight is 442 g/mol. The van der Waals surface area contributed by atoms with Gasteiger partial charge in [-0.25, -0.2) is 23.2 Å². The number of aryl methyl sites for hydroxylation is 1. The predicted octanol–water partition coefficient (Wildman–Crippen LogP) is 1.81. The van der Waals surface area contributed by atoms with Crippen LogP contribution in [0.25, 0.3) is 11.4 Å². The maximum absolute atomic E-state index is 12.2. The predicted molar refractivity (Wildman–Crippen MR) is 117 cm³/mol. The Morgan fingerprint density at radius 1 is 1.23 bits per heavy atom. The Hall–Kier alpha value is -3.47. The molecule has 4 N–H and O–H groups in total. The van der Waals surface area contributed by atoms with E-state index in [1.165, 1.54) is 12.3 Å². The SMILES string of the molecule is Cn1cc(CNC(=O)Nc2ccc(-c3nc(N)cc(C4(S(C)(=O)=O)CC4)n3)cc2)cn1. The lowest BCUT2D eigenvalue weighted by molar-refractivity contribution is 0.251. The number of nitrogens with one attached hydrogen (secondary N) is 2. The zero-order valence-corrected chi connectivity index (χ0v) is 18.0. The van der Waals surface area contributed by atoms with Crippen LogP contribution in [0.3, 0.4) is 0 Å². The number of anilines is 2. The summed E-state index contributed by atoms with van der Waals surface area (Å²) in [7, 11) is -1.50. The molecule has 0 bridgehead atoms. The highest BCUT2D eigenvalue weighted by Gasteiger charge is 2.55. The van der Waals surface area contributed by atoms with Crippen molar-refractivity contribution in [2.24, 2.45) is 7.05 Å². The highest BCUT2D eigenvalue weighted by atomic mass is 32.2. The van der Waals surface area contributed by atoms with Gasteiger partial charge in [-0.2, -0.15) is 5.10 Å². The van der Waals surface area contributed by atoms with Gasteiger partial charge in [0.15, 0.2) is 15.7 Å². The molecule has 162 valence electrons. The van der Waals surface area contributed by atoms with Gasteiger partial charge in [-0.1, -0.05) is 0 Å². The smallest absolute Gasteiger partial charge is 0.319 e. The summed E-state index contributed by atoms with van der Waals surface area (Å²) in [5, 5.41) is 9.56. The maximum Gasteiger partial charge on any atom is 0.319 e. The zero-order chi connectivity index (χ0) is 22.2. The first-order chi connectivity index (χ1) is 14.7. The van der Waals surface area contributed by atoms with Gasteiger partial charge in [-0.3, -0.25) is 4.68 Å². The van der Waals surface area contributed by atoms with Gasteiger partial charge in [0, 0.05) is 48.9 Å². The van der Waals surface area contributed by atoms with Gasteiger partial charge < -0.3 is 16.4 Å². The number of sulfone groups is 1. The van der Waals surface area contributed by atoms with Crippen molar-refractivity contribution in [2.75, 3.05) is 17.3 Å². The normalized spacial score (nSPS) is 14.8. The molecular formula is C20H23N7O3S. The van der Waals surface area contributed by atoms with Gasteiger partial charge in [0.1, 0.15) is 10.6 Å². The molecule has 11 heteroatoms. The third-order valence-electron chi connectivity index (χ3n) is 5.24. The van der Waals surface area contributed by atoms with E-state index in [-0.39, 0.29) is 11.8 Å². The first-order valence-corrected chi connectivity index (χ1v) is 11.5.